The van der Waals surface area contributed by atoms with Gasteiger partial charge >= 0.3 is 39.5 Å². The first-order valence-electron chi connectivity index (χ1n) is 39.0. The maximum absolute atomic E-state index is 13.1. The molecule has 0 saturated heterocycles. The molecule has 0 aliphatic rings. The minimum Gasteiger partial charge on any atom is -0.462 e. The van der Waals surface area contributed by atoms with Gasteiger partial charge in [-0.3, -0.25) is 37.3 Å². The van der Waals surface area contributed by atoms with E-state index in [1.54, 1.807) is 0 Å². The molecule has 19 heteroatoms. The van der Waals surface area contributed by atoms with Crippen LogP contribution in [-0.2, 0) is 65.4 Å². The third kappa shape index (κ3) is 67.3. The van der Waals surface area contributed by atoms with Gasteiger partial charge in [0.2, 0.25) is 0 Å². The van der Waals surface area contributed by atoms with Crippen molar-refractivity contribution >= 4 is 39.5 Å². The zero-order valence-corrected chi connectivity index (χ0v) is 63.1. The maximum Gasteiger partial charge on any atom is 0.472 e. The molecule has 94 heavy (non-hydrogen) atoms. The van der Waals surface area contributed by atoms with Gasteiger partial charge < -0.3 is 33.8 Å². The zero-order chi connectivity index (χ0) is 69.3. The molecule has 0 amide bonds. The van der Waals surface area contributed by atoms with Gasteiger partial charge in [-0.25, -0.2) is 9.13 Å². The van der Waals surface area contributed by atoms with E-state index in [1.165, 1.54) is 199 Å². The molecule has 0 aliphatic carbocycles. The predicted octanol–water partition coefficient (Wildman–Crippen LogP) is 21.9. The topological polar surface area (TPSA) is 237 Å². The zero-order valence-electron chi connectivity index (χ0n) is 61.3. The number of phosphoric ester groups is 2. The van der Waals surface area contributed by atoms with Crippen molar-refractivity contribution in [3.8, 4) is 0 Å². The van der Waals surface area contributed by atoms with Crippen LogP contribution in [0.25, 0.3) is 0 Å². The Morgan fingerprint density at radius 1 is 0.309 bits per heavy atom. The Morgan fingerprint density at radius 3 is 0.809 bits per heavy atom. The van der Waals surface area contributed by atoms with E-state index in [4.69, 9.17) is 37.0 Å². The van der Waals surface area contributed by atoms with Gasteiger partial charge in [-0.15, -0.1) is 0 Å². The molecule has 3 unspecified atom stereocenters. The van der Waals surface area contributed by atoms with Gasteiger partial charge in [0, 0.05) is 25.7 Å². The lowest BCUT2D eigenvalue weighted by molar-refractivity contribution is -0.161. The third-order valence-electron chi connectivity index (χ3n) is 17.8. The standard InChI is InChI=1S/C75H146O17P2/c1-7-10-12-14-16-18-20-21-22-23-27-31-34-38-45-51-57-72(77)85-63-70(91-75(80)60-54-48-40-36-32-28-25-24-26-30-33-37-44-50-56-68(6)9-3)65-89-93(81,82)87-61-69(76)62-88-94(83,84)90-66-71(64-86-73(78)58-52-46-42-41-43-49-55-67(4)5)92-74(79)59-53-47-39-35-29-19-17-15-13-11-8-2/h67-71,76H,7-66H2,1-6H3,(H,81,82)(H,83,84)/t68?,69-,70-,71-/m1/s1. The molecule has 6 atom stereocenters. The summed E-state index contributed by atoms with van der Waals surface area (Å²) in [6, 6.07) is 0. The van der Waals surface area contributed by atoms with Crippen LogP contribution < -0.4 is 0 Å². The van der Waals surface area contributed by atoms with Crippen molar-refractivity contribution in [3.63, 3.8) is 0 Å². The number of unbranched alkanes of at least 4 members (excludes halogenated alkanes) is 43. The van der Waals surface area contributed by atoms with Crippen molar-refractivity contribution in [2.75, 3.05) is 39.6 Å². The fourth-order valence-electron chi connectivity index (χ4n) is 11.4. The molecule has 558 valence electrons. The van der Waals surface area contributed by atoms with Crippen LogP contribution in [0.1, 0.15) is 388 Å². The number of aliphatic hydroxyl groups is 1. The minimum atomic E-state index is -4.96. The molecule has 0 aromatic rings. The molecular formula is C75H146O17P2. The number of carbonyl (C=O) groups is 4. The molecule has 0 spiro atoms. The van der Waals surface area contributed by atoms with Crippen molar-refractivity contribution in [2.45, 2.75) is 407 Å². The highest BCUT2D eigenvalue weighted by Gasteiger charge is 2.30. The Bertz CT molecular complexity index is 1820. The highest BCUT2D eigenvalue weighted by atomic mass is 31.2. The smallest absolute Gasteiger partial charge is 0.462 e. The summed E-state index contributed by atoms with van der Waals surface area (Å²) < 4.78 is 68.4. The fourth-order valence-corrected chi connectivity index (χ4v) is 13.0. The maximum atomic E-state index is 13.1. The third-order valence-corrected chi connectivity index (χ3v) is 19.7. The molecule has 0 rings (SSSR count). The van der Waals surface area contributed by atoms with Crippen LogP contribution in [0.2, 0.25) is 0 Å². The molecule has 0 radical (unpaired) electrons. The average Bonchev–Trinajstić information content (AvgIpc) is 1.67. The summed E-state index contributed by atoms with van der Waals surface area (Å²) in [5.41, 5.74) is 0. The summed E-state index contributed by atoms with van der Waals surface area (Å²) in [5.74, 6) is -0.592. The Kier molecular flexibility index (Phi) is 65.5. The minimum absolute atomic E-state index is 0.106. The van der Waals surface area contributed by atoms with Gasteiger partial charge in [0.25, 0.3) is 0 Å². The molecular weight excluding hydrogens is 1230 g/mol. The summed E-state index contributed by atoms with van der Waals surface area (Å²) in [5, 5.41) is 10.6. The average molecular weight is 1380 g/mol. The Balaban J connectivity index is 5.22. The van der Waals surface area contributed by atoms with Crippen molar-refractivity contribution in [1.29, 1.82) is 0 Å². The number of hydrogen-bond acceptors (Lipinski definition) is 15. The van der Waals surface area contributed by atoms with Crippen LogP contribution in [0.5, 0.6) is 0 Å². The molecule has 0 fully saturated rings. The van der Waals surface area contributed by atoms with E-state index in [-0.39, 0.29) is 25.7 Å². The molecule has 0 aromatic carbocycles. The quantitative estimate of drug-likeness (QED) is 0.0222. The monoisotopic (exact) mass is 1380 g/mol. The summed E-state index contributed by atoms with van der Waals surface area (Å²) in [7, 11) is -9.91. The van der Waals surface area contributed by atoms with E-state index in [0.29, 0.717) is 31.6 Å². The van der Waals surface area contributed by atoms with E-state index in [1.807, 2.05) is 0 Å². The van der Waals surface area contributed by atoms with Crippen LogP contribution in [0, 0.1) is 11.8 Å². The van der Waals surface area contributed by atoms with Crippen LogP contribution in [0.3, 0.4) is 0 Å². The first-order chi connectivity index (χ1) is 45.4. The second-order valence-corrected chi connectivity index (χ2v) is 30.7. The van der Waals surface area contributed by atoms with E-state index >= 15 is 0 Å². The van der Waals surface area contributed by atoms with Gasteiger partial charge in [-0.05, 0) is 37.5 Å². The molecule has 0 aliphatic heterocycles. The fraction of sp³-hybridized carbons (Fsp3) is 0.947. The van der Waals surface area contributed by atoms with Gasteiger partial charge in [0.1, 0.15) is 19.3 Å². The SMILES string of the molecule is CCCCCCCCCCCCCCCCCCC(=O)OC[C@H](COP(=O)(O)OC[C@@H](O)COP(=O)(O)OC[C@@H](COC(=O)CCCCCCCCC(C)C)OC(=O)CCCCCCCCCCCCC)OC(=O)CCCCCCCCCCCCCCCCC(C)CC. The predicted molar refractivity (Wildman–Crippen MR) is 381 cm³/mol. The number of esters is 4. The first kappa shape index (κ1) is 92.1. The molecule has 0 bridgehead atoms. The van der Waals surface area contributed by atoms with Gasteiger partial charge in [-0.1, -0.05) is 337 Å². The second kappa shape index (κ2) is 66.9. The van der Waals surface area contributed by atoms with E-state index < -0.39 is 97.5 Å². The van der Waals surface area contributed by atoms with Crippen molar-refractivity contribution in [2.24, 2.45) is 11.8 Å². The highest BCUT2D eigenvalue weighted by molar-refractivity contribution is 7.47. The van der Waals surface area contributed by atoms with Gasteiger partial charge in [0.05, 0.1) is 26.4 Å². The molecule has 17 nitrogen and oxygen atoms in total. The van der Waals surface area contributed by atoms with Gasteiger partial charge in [-0.2, -0.15) is 0 Å². The number of carbonyl (C=O) groups excluding carboxylic acids is 4. The molecule has 0 saturated carbocycles. The molecule has 0 aromatic heterocycles. The summed E-state index contributed by atoms with van der Waals surface area (Å²) in [6.07, 6.45) is 54.1. The molecule has 0 heterocycles. The van der Waals surface area contributed by atoms with Crippen molar-refractivity contribution in [1.82, 2.24) is 0 Å². The van der Waals surface area contributed by atoms with Crippen LogP contribution in [0.4, 0.5) is 0 Å². The Morgan fingerprint density at radius 2 is 0.543 bits per heavy atom. The van der Waals surface area contributed by atoms with Gasteiger partial charge in [0.15, 0.2) is 12.2 Å². The van der Waals surface area contributed by atoms with Crippen molar-refractivity contribution < 1.29 is 80.2 Å². The van der Waals surface area contributed by atoms with Crippen LogP contribution >= 0.6 is 15.6 Å². The number of phosphoric acid groups is 2. The Labute approximate surface area is 575 Å². The largest absolute Gasteiger partial charge is 0.472 e. The number of ether oxygens (including phenoxy) is 4. The number of aliphatic hydroxyl groups excluding tert-OH is 1. The Hall–Kier alpha value is -1.94. The highest BCUT2D eigenvalue weighted by Crippen LogP contribution is 2.45. The summed E-state index contributed by atoms with van der Waals surface area (Å²) >= 11 is 0. The van der Waals surface area contributed by atoms with Crippen LogP contribution in [-0.4, -0.2) is 96.7 Å². The number of rotatable bonds is 74. The molecule has 3 N–H and O–H groups in total. The normalized spacial score (nSPS) is 14.3. The number of hydrogen-bond donors (Lipinski definition) is 3. The summed E-state index contributed by atoms with van der Waals surface area (Å²) in [4.78, 5) is 72.7. The lowest BCUT2D eigenvalue weighted by Gasteiger charge is -2.21. The first-order valence-corrected chi connectivity index (χ1v) is 42.0. The van der Waals surface area contributed by atoms with Crippen molar-refractivity contribution in [3.05, 3.63) is 0 Å². The van der Waals surface area contributed by atoms with Crippen LogP contribution in [0.15, 0.2) is 0 Å². The van der Waals surface area contributed by atoms with E-state index in [9.17, 15) is 43.2 Å². The second-order valence-electron chi connectivity index (χ2n) is 27.8. The van der Waals surface area contributed by atoms with E-state index in [2.05, 4.69) is 41.5 Å². The van der Waals surface area contributed by atoms with E-state index in [0.717, 1.165) is 102 Å². The lowest BCUT2D eigenvalue weighted by atomic mass is 9.99. The summed E-state index contributed by atoms with van der Waals surface area (Å²) in [6.45, 7) is 9.56. The lowest BCUT2D eigenvalue weighted by Crippen LogP contribution is -2.30.